The molecule has 3 N–H and O–H groups in total. The van der Waals surface area contributed by atoms with Crippen molar-refractivity contribution in [2.24, 2.45) is 5.16 Å². The fourth-order valence-electron chi connectivity index (χ4n) is 5.37. The maximum Gasteiger partial charge on any atom is 0.255 e. The Morgan fingerprint density at radius 1 is 1.17 bits per heavy atom. The van der Waals surface area contributed by atoms with Gasteiger partial charge in [-0.3, -0.25) is 4.79 Å². The van der Waals surface area contributed by atoms with Crippen LogP contribution in [0, 0.1) is 0 Å². The highest BCUT2D eigenvalue weighted by atomic mass is 16.4. The Hall–Kier alpha value is -3.42. The summed E-state index contributed by atoms with van der Waals surface area (Å²) in [5, 5.41) is 24.6. The first-order chi connectivity index (χ1) is 17.1. The largest absolute Gasteiger partial charge is 0.411 e. The zero-order chi connectivity index (χ0) is 24.4. The van der Waals surface area contributed by atoms with Gasteiger partial charge in [0.15, 0.2) is 5.65 Å². The molecule has 1 atom stereocenters. The molecule has 2 aliphatic carbocycles. The Morgan fingerprint density at radius 3 is 2.69 bits per heavy atom. The van der Waals surface area contributed by atoms with Crippen molar-refractivity contribution in [3.8, 4) is 0 Å². The van der Waals surface area contributed by atoms with Crippen molar-refractivity contribution in [1.29, 1.82) is 0 Å². The molecule has 0 saturated heterocycles. The molecule has 1 aromatic carbocycles. The van der Waals surface area contributed by atoms with Gasteiger partial charge in [0.05, 0.1) is 34.6 Å². The molecule has 3 aromatic rings. The molecule has 2 aliphatic rings. The molecule has 8 heteroatoms. The summed E-state index contributed by atoms with van der Waals surface area (Å²) in [6, 6.07) is 6.69. The Balaban J connectivity index is 1.41. The van der Waals surface area contributed by atoms with Gasteiger partial charge < -0.3 is 15.8 Å². The van der Waals surface area contributed by atoms with Gasteiger partial charge in [-0.05, 0) is 81.9 Å². The van der Waals surface area contributed by atoms with E-state index in [9.17, 15) is 4.79 Å². The van der Waals surface area contributed by atoms with Gasteiger partial charge in [-0.2, -0.15) is 5.10 Å². The van der Waals surface area contributed by atoms with E-state index in [0.29, 0.717) is 12.1 Å². The van der Waals surface area contributed by atoms with Crippen molar-refractivity contribution in [1.82, 2.24) is 20.1 Å². The maximum atomic E-state index is 13.5. The van der Waals surface area contributed by atoms with E-state index in [1.807, 2.05) is 18.5 Å². The van der Waals surface area contributed by atoms with Crippen LogP contribution in [0.3, 0.4) is 0 Å². The molecule has 35 heavy (non-hydrogen) atoms. The van der Waals surface area contributed by atoms with Crippen LogP contribution in [0.15, 0.2) is 35.7 Å². The van der Waals surface area contributed by atoms with Gasteiger partial charge in [-0.1, -0.05) is 23.4 Å². The number of oxime groups is 1. The minimum Gasteiger partial charge on any atom is -0.411 e. The van der Waals surface area contributed by atoms with E-state index in [4.69, 9.17) is 5.21 Å². The van der Waals surface area contributed by atoms with E-state index in [1.165, 1.54) is 24.0 Å². The number of carbonyl (C=O) groups excluding carboxylic acids is 1. The quantitative estimate of drug-likeness (QED) is 0.344. The number of fused-ring (bicyclic) bond motifs is 2. The number of anilines is 1. The van der Waals surface area contributed by atoms with Crippen molar-refractivity contribution in [3.05, 3.63) is 52.8 Å². The third-order valence-corrected chi connectivity index (χ3v) is 7.48. The topological polar surface area (TPSA) is 104 Å². The molecule has 8 nitrogen and oxygen atoms in total. The standard InChI is InChI=1S/C27H34N6O2/c1-3-33-26-23(16-29-33)25(31-21-10-12-22(32-35)13-11-21)24(15-28-26)27(34)30-17(2)19-9-8-18-6-4-5-7-20(18)14-19/h8-9,14-17,21,35H,3-7,10-13H2,1-2H3,(H,28,31)(H,30,34). The van der Waals surface area contributed by atoms with Crippen LogP contribution in [0.1, 0.15) is 85.5 Å². The molecule has 5 rings (SSSR count). The lowest BCUT2D eigenvalue weighted by Crippen LogP contribution is -2.30. The van der Waals surface area contributed by atoms with E-state index in [0.717, 1.165) is 66.5 Å². The molecule has 0 bridgehead atoms. The summed E-state index contributed by atoms with van der Waals surface area (Å²) in [7, 11) is 0. The number of aromatic nitrogens is 3. The molecule has 2 heterocycles. The predicted octanol–water partition coefficient (Wildman–Crippen LogP) is 5.01. The van der Waals surface area contributed by atoms with Crippen LogP contribution in [0.4, 0.5) is 5.69 Å². The highest BCUT2D eigenvalue weighted by Gasteiger charge is 2.24. The van der Waals surface area contributed by atoms with Gasteiger partial charge in [-0.15, -0.1) is 0 Å². The van der Waals surface area contributed by atoms with Crippen LogP contribution in [0.5, 0.6) is 0 Å². The lowest BCUT2D eigenvalue weighted by Gasteiger charge is -2.26. The molecule has 1 amide bonds. The van der Waals surface area contributed by atoms with Gasteiger partial charge in [0, 0.05) is 18.8 Å². The molecule has 184 valence electrons. The van der Waals surface area contributed by atoms with Crippen molar-refractivity contribution < 1.29 is 10.0 Å². The summed E-state index contributed by atoms with van der Waals surface area (Å²) in [4.78, 5) is 18.1. The predicted molar refractivity (Wildman–Crippen MR) is 137 cm³/mol. The summed E-state index contributed by atoms with van der Waals surface area (Å²) in [5.41, 5.74) is 6.88. The first-order valence-corrected chi connectivity index (χ1v) is 12.8. The Labute approximate surface area is 205 Å². The molecule has 2 aromatic heterocycles. The molecule has 0 aliphatic heterocycles. The molecular weight excluding hydrogens is 440 g/mol. The zero-order valence-corrected chi connectivity index (χ0v) is 20.5. The fraction of sp³-hybridized carbons (Fsp3) is 0.481. The number of nitrogens with one attached hydrogen (secondary N) is 2. The Bertz CT molecular complexity index is 1250. The third-order valence-electron chi connectivity index (χ3n) is 7.48. The number of aryl methyl sites for hydroxylation is 3. The summed E-state index contributed by atoms with van der Waals surface area (Å²) < 4.78 is 1.84. The van der Waals surface area contributed by atoms with Crippen LogP contribution in [-0.2, 0) is 19.4 Å². The van der Waals surface area contributed by atoms with Gasteiger partial charge in [0.2, 0.25) is 0 Å². The molecule has 0 radical (unpaired) electrons. The lowest BCUT2D eigenvalue weighted by atomic mass is 9.89. The second kappa shape index (κ2) is 10.1. The zero-order valence-electron chi connectivity index (χ0n) is 20.5. The number of hydrogen-bond donors (Lipinski definition) is 3. The summed E-state index contributed by atoms with van der Waals surface area (Å²) in [6.07, 6.45) is 11.4. The number of amides is 1. The fourth-order valence-corrected chi connectivity index (χ4v) is 5.37. The SMILES string of the molecule is CCn1ncc2c(NC3CCC(=NO)CC3)c(C(=O)NC(C)c3ccc4c(c3)CCCC4)cnc21. The van der Waals surface area contributed by atoms with Gasteiger partial charge in [0.25, 0.3) is 5.91 Å². The van der Waals surface area contributed by atoms with Crippen LogP contribution in [0.25, 0.3) is 11.0 Å². The number of rotatable bonds is 6. The number of hydrogen-bond acceptors (Lipinski definition) is 6. The van der Waals surface area contributed by atoms with Crippen LogP contribution < -0.4 is 10.6 Å². The van der Waals surface area contributed by atoms with E-state index in [-0.39, 0.29) is 18.0 Å². The molecular formula is C27H34N6O2. The highest BCUT2D eigenvalue weighted by Crippen LogP contribution is 2.30. The smallest absolute Gasteiger partial charge is 0.255 e. The van der Waals surface area contributed by atoms with Gasteiger partial charge in [-0.25, -0.2) is 9.67 Å². The van der Waals surface area contributed by atoms with Crippen molar-refractivity contribution in [2.75, 3.05) is 5.32 Å². The average Bonchev–Trinajstić information content (AvgIpc) is 3.32. The molecule has 0 spiro atoms. The van der Waals surface area contributed by atoms with Crippen molar-refractivity contribution in [3.63, 3.8) is 0 Å². The van der Waals surface area contributed by atoms with Gasteiger partial charge >= 0.3 is 0 Å². The van der Waals surface area contributed by atoms with Crippen LogP contribution in [0.2, 0.25) is 0 Å². The van der Waals surface area contributed by atoms with Crippen LogP contribution >= 0.6 is 0 Å². The van der Waals surface area contributed by atoms with E-state index < -0.39 is 0 Å². The normalized spacial score (nSPS) is 18.7. The second-order valence-corrected chi connectivity index (χ2v) is 9.76. The minimum absolute atomic E-state index is 0.116. The number of carbonyl (C=O) groups is 1. The third kappa shape index (κ3) is 4.74. The number of pyridine rings is 1. The minimum atomic E-state index is -0.148. The highest BCUT2D eigenvalue weighted by molar-refractivity contribution is 6.06. The number of benzene rings is 1. The Morgan fingerprint density at radius 2 is 1.94 bits per heavy atom. The van der Waals surface area contributed by atoms with Crippen molar-refractivity contribution in [2.45, 2.75) is 83.8 Å². The molecule has 1 fully saturated rings. The second-order valence-electron chi connectivity index (χ2n) is 9.76. The Kier molecular flexibility index (Phi) is 6.70. The van der Waals surface area contributed by atoms with Crippen LogP contribution in [-0.4, -0.2) is 37.6 Å². The van der Waals surface area contributed by atoms with Crippen molar-refractivity contribution >= 4 is 28.3 Å². The van der Waals surface area contributed by atoms with E-state index in [1.54, 1.807) is 12.4 Å². The number of nitrogens with zero attached hydrogens (tertiary/aromatic N) is 4. The molecule has 1 saturated carbocycles. The summed E-state index contributed by atoms with van der Waals surface area (Å²) >= 11 is 0. The molecule has 1 unspecified atom stereocenters. The van der Waals surface area contributed by atoms with E-state index >= 15 is 0 Å². The maximum absolute atomic E-state index is 13.5. The average molecular weight is 475 g/mol. The summed E-state index contributed by atoms with van der Waals surface area (Å²) in [5.74, 6) is -0.148. The lowest BCUT2D eigenvalue weighted by molar-refractivity contribution is 0.0940. The summed E-state index contributed by atoms with van der Waals surface area (Å²) in [6.45, 7) is 4.77. The van der Waals surface area contributed by atoms with E-state index in [2.05, 4.69) is 44.1 Å². The monoisotopic (exact) mass is 474 g/mol. The first-order valence-electron chi connectivity index (χ1n) is 12.8. The van der Waals surface area contributed by atoms with Gasteiger partial charge in [0.1, 0.15) is 0 Å². The first kappa shape index (κ1) is 23.3.